The fraction of sp³-hybridized carbons (Fsp3) is 0.333. The van der Waals surface area contributed by atoms with Crippen molar-refractivity contribution in [3.05, 3.63) is 34.4 Å². The predicted octanol–water partition coefficient (Wildman–Crippen LogP) is 4.23. The zero-order valence-corrected chi connectivity index (χ0v) is 9.43. The molecule has 0 heterocycles. The smallest absolute Gasteiger partial charge is 0.258 e. The van der Waals surface area contributed by atoms with Gasteiger partial charge in [-0.05, 0) is 23.9 Å². The van der Waals surface area contributed by atoms with E-state index in [1.807, 2.05) is 13.8 Å². The minimum Gasteiger partial charge on any atom is -0.258 e. The Kier molecular flexibility index (Phi) is 5.87. The molecule has 0 aliphatic rings. The number of rotatable bonds is 2. The second-order valence-corrected chi connectivity index (χ2v) is 3.44. The molecule has 0 fully saturated rings. The number of nitro benzene ring substituents is 1. The van der Waals surface area contributed by atoms with Crippen LogP contribution in [0.3, 0.4) is 0 Å². The van der Waals surface area contributed by atoms with Crippen molar-refractivity contribution in [1.82, 2.24) is 0 Å². The van der Waals surface area contributed by atoms with Crippen molar-refractivity contribution >= 4 is 17.4 Å². The largest absolute Gasteiger partial charge is 0.446 e. The number of hydrogen-bond donors (Lipinski definition) is 0. The third-order valence-electron chi connectivity index (χ3n) is 1.28. The summed E-state index contributed by atoms with van der Waals surface area (Å²) in [5.74, 6) is 0. The van der Waals surface area contributed by atoms with Gasteiger partial charge in [0.25, 0.3) is 5.69 Å². The molecular formula is C9H10F3NO2S. The second-order valence-electron chi connectivity index (χ2n) is 2.30. The third kappa shape index (κ3) is 5.59. The van der Waals surface area contributed by atoms with Gasteiger partial charge in [0.2, 0.25) is 0 Å². The molecule has 90 valence electrons. The molecule has 0 aromatic heterocycles. The van der Waals surface area contributed by atoms with Crippen LogP contribution in [0.4, 0.5) is 18.9 Å². The quantitative estimate of drug-likeness (QED) is 0.450. The van der Waals surface area contributed by atoms with E-state index in [-0.39, 0.29) is 22.3 Å². The molecule has 0 radical (unpaired) electrons. The van der Waals surface area contributed by atoms with Gasteiger partial charge in [-0.2, -0.15) is 13.2 Å². The predicted molar refractivity (Wildman–Crippen MR) is 56.4 cm³/mol. The highest BCUT2D eigenvalue weighted by Crippen LogP contribution is 2.37. The van der Waals surface area contributed by atoms with E-state index in [0.29, 0.717) is 0 Å². The highest BCUT2D eigenvalue weighted by atomic mass is 32.2. The molecule has 1 aromatic rings. The van der Waals surface area contributed by atoms with Gasteiger partial charge in [0.05, 0.1) is 4.92 Å². The summed E-state index contributed by atoms with van der Waals surface area (Å²) in [5, 5.41) is 10.2. The first kappa shape index (κ1) is 14.8. The Balaban J connectivity index is 0.00000106. The van der Waals surface area contributed by atoms with Crippen LogP contribution in [0, 0.1) is 10.1 Å². The monoisotopic (exact) mass is 253 g/mol. The summed E-state index contributed by atoms with van der Waals surface area (Å²) in [4.78, 5) is 9.44. The van der Waals surface area contributed by atoms with E-state index in [1.54, 1.807) is 0 Å². The van der Waals surface area contributed by atoms with Crippen molar-refractivity contribution in [2.45, 2.75) is 24.3 Å². The second kappa shape index (κ2) is 6.37. The number of halogens is 3. The van der Waals surface area contributed by atoms with Gasteiger partial charge >= 0.3 is 5.51 Å². The molecule has 0 aliphatic heterocycles. The third-order valence-corrected chi connectivity index (χ3v) is 2.02. The van der Waals surface area contributed by atoms with E-state index in [1.165, 1.54) is 0 Å². The molecule has 0 saturated heterocycles. The molecule has 0 N–H and O–H groups in total. The molecule has 16 heavy (non-hydrogen) atoms. The fourth-order valence-electron chi connectivity index (χ4n) is 0.770. The number of benzene rings is 1. The molecule has 0 bridgehead atoms. The molecule has 0 aliphatic carbocycles. The molecule has 0 unspecified atom stereocenters. The van der Waals surface area contributed by atoms with Crippen LogP contribution >= 0.6 is 11.8 Å². The number of alkyl halides is 3. The zero-order chi connectivity index (χ0) is 12.8. The average molecular weight is 253 g/mol. The van der Waals surface area contributed by atoms with Gasteiger partial charge in [-0.25, -0.2) is 0 Å². The van der Waals surface area contributed by atoms with Crippen LogP contribution in [0.1, 0.15) is 13.8 Å². The first-order valence-corrected chi connectivity index (χ1v) is 5.20. The van der Waals surface area contributed by atoms with Crippen molar-refractivity contribution in [2.24, 2.45) is 0 Å². The van der Waals surface area contributed by atoms with Gasteiger partial charge in [-0.1, -0.05) is 13.8 Å². The molecule has 0 atom stereocenters. The first-order chi connectivity index (χ1) is 7.38. The van der Waals surface area contributed by atoms with Crippen molar-refractivity contribution in [1.29, 1.82) is 0 Å². The van der Waals surface area contributed by atoms with Crippen molar-refractivity contribution in [2.75, 3.05) is 0 Å². The van der Waals surface area contributed by atoms with Crippen LogP contribution in [0.15, 0.2) is 29.2 Å². The van der Waals surface area contributed by atoms with Crippen LogP contribution in [0.5, 0.6) is 0 Å². The Morgan fingerprint density at radius 1 is 1.19 bits per heavy atom. The summed E-state index contributed by atoms with van der Waals surface area (Å²) >= 11 is -0.301. The van der Waals surface area contributed by atoms with E-state index in [2.05, 4.69) is 0 Å². The van der Waals surface area contributed by atoms with Gasteiger partial charge in [0.15, 0.2) is 0 Å². The lowest BCUT2D eigenvalue weighted by molar-refractivity contribution is -0.384. The topological polar surface area (TPSA) is 43.1 Å². The Labute approximate surface area is 94.8 Å². The van der Waals surface area contributed by atoms with Gasteiger partial charge < -0.3 is 0 Å². The summed E-state index contributed by atoms with van der Waals surface area (Å²) < 4.78 is 35.5. The SMILES string of the molecule is CC.O=[N+]([O-])c1ccc(SC(F)(F)F)cc1. The maximum Gasteiger partial charge on any atom is 0.446 e. The van der Waals surface area contributed by atoms with Crippen LogP contribution in [-0.4, -0.2) is 10.4 Å². The lowest BCUT2D eigenvalue weighted by atomic mass is 10.3. The van der Waals surface area contributed by atoms with Crippen LogP contribution < -0.4 is 0 Å². The average Bonchev–Trinajstić information content (AvgIpc) is 2.19. The molecule has 0 spiro atoms. The number of nitro groups is 1. The number of non-ortho nitro benzene ring substituents is 1. The summed E-state index contributed by atoms with van der Waals surface area (Å²) in [5.41, 5.74) is -4.59. The summed E-state index contributed by atoms with van der Waals surface area (Å²) in [6.07, 6.45) is 0. The molecular weight excluding hydrogens is 243 g/mol. The van der Waals surface area contributed by atoms with Crippen molar-refractivity contribution < 1.29 is 18.1 Å². The summed E-state index contributed by atoms with van der Waals surface area (Å²) in [6.45, 7) is 4.00. The minimum absolute atomic E-state index is 0.0666. The van der Waals surface area contributed by atoms with Gasteiger partial charge in [0.1, 0.15) is 0 Å². The summed E-state index contributed by atoms with van der Waals surface area (Å²) in [7, 11) is 0. The first-order valence-electron chi connectivity index (χ1n) is 4.39. The number of hydrogen-bond acceptors (Lipinski definition) is 3. The van der Waals surface area contributed by atoms with E-state index in [9.17, 15) is 23.3 Å². The van der Waals surface area contributed by atoms with Gasteiger partial charge in [-0.15, -0.1) is 0 Å². The molecule has 0 amide bonds. The van der Waals surface area contributed by atoms with Gasteiger partial charge in [-0.3, -0.25) is 10.1 Å². The maximum atomic E-state index is 11.8. The highest BCUT2D eigenvalue weighted by molar-refractivity contribution is 8.00. The number of nitrogens with zero attached hydrogens (tertiary/aromatic N) is 1. The molecule has 0 saturated carbocycles. The van der Waals surface area contributed by atoms with Crippen molar-refractivity contribution in [3.8, 4) is 0 Å². The summed E-state index contributed by atoms with van der Waals surface area (Å²) in [6, 6.07) is 4.20. The maximum absolute atomic E-state index is 11.8. The van der Waals surface area contributed by atoms with Crippen LogP contribution in [-0.2, 0) is 0 Å². The Morgan fingerprint density at radius 2 is 1.62 bits per heavy atom. The Bertz CT molecular complexity index is 338. The van der Waals surface area contributed by atoms with Crippen molar-refractivity contribution in [3.63, 3.8) is 0 Å². The molecule has 3 nitrogen and oxygen atoms in total. The Hall–Kier alpha value is -1.24. The Morgan fingerprint density at radius 3 is 1.94 bits per heavy atom. The fourth-order valence-corrected chi connectivity index (χ4v) is 1.31. The lowest BCUT2D eigenvalue weighted by Crippen LogP contribution is -1.98. The normalized spacial score (nSPS) is 10.3. The number of thioether (sulfide) groups is 1. The molecule has 1 aromatic carbocycles. The van der Waals surface area contributed by atoms with E-state index in [4.69, 9.17) is 0 Å². The van der Waals surface area contributed by atoms with Gasteiger partial charge in [0, 0.05) is 17.0 Å². The molecule has 7 heteroatoms. The zero-order valence-electron chi connectivity index (χ0n) is 8.62. The van der Waals surface area contributed by atoms with E-state index < -0.39 is 10.4 Å². The van der Waals surface area contributed by atoms with Crippen LogP contribution in [0.25, 0.3) is 0 Å². The molecule has 1 rings (SSSR count). The lowest BCUT2D eigenvalue weighted by Gasteiger charge is -2.04. The van der Waals surface area contributed by atoms with E-state index in [0.717, 1.165) is 24.3 Å². The minimum atomic E-state index is -4.36. The van der Waals surface area contributed by atoms with Crippen LogP contribution in [0.2, 0.25) is 0 Å². The standard InChI is InChI=1S/C7H4F3NO2S.C2H6/c8-7(9,10)14-6-3-1-5(2-4-6)11(12)13;1-2/h1-4H;1-2H3. The highest BCUT2D eigenvalue weighted by Gasteiger charge is 2.29. The van der Waals surface area contributed by atoms with E-state index >= 15 is 0 Å².